The highest BCUT2D eigenvalue weighted by Crippen LogP contribution is 2.20. The summed E-state index contributed by atoms with van der Waals surface area (Å²) in [7, 11) is 0. The Kier molecular flexibility index (Phi) is 4.79. The molecule has 0 fully saturated rings. The van der Waals surface area contributed by atoms with Crippen LogP contribution in [0.5, 0.6) is 0 Å². The number of hydrogen-bond donors (Lipinski definition) is 1. The maximum absolute atomic E-state index is 13.4. The summed E-state index contributed by atoms with van der Waals surface area (Å²) in [6, 6.07) is 7.77. The molecule has 1 unspecified atom stereocenters. The average Bonchev–Trinajstić information content (AvgIpc) is 2.43. The van der Waals surface area contributed by atoms with Crippen molar-refractivity contribution in [2.75, 3.05) is 6.54 Å². The Morgan fingerprint density at radius 2 is 1.90 bits per heavy atom. The number of benzene rings is 1. The molecule has 20 heavy (non-hydrogen) atoms. The maximum atomic E-state index is 13.4. The molecule has 4 heteroatoms. The minimum Gasteiger partial charge on any atom is -0.309 e. The summed E-state index contributed by atoms with van der Waals surface area (Å²) >= 11 is 0. The van der Waals surface area contributed by atoms with Gasteiger partial charge in [-0.2, -0.15) is 0 Å². The highest BCUT2D eigenvalue weighted by Gasteiger charge is 2.14. The third-order valence-electron chi connectivity index (χ3n) is 3.29. The Hall–Kier alpha value is -1.81. The van der Waals surface area contributed by atoms with Gasteiger partial charge in [-0.1, -0.05) is 13.0 Å². The summed E-state index contributed by atoms with van der Waals surface area (Å²) in [5.74, 6) is -0.598. The Bertz CT molecular complexity index is 567. The van der Waals surface area contributed by atoms with E-state index in [2.05, 4.69) is 10.3 Å². The largest absolute Gasteiger partial charge is 0.309 e. The number of aryl methyl sites for hydroxylation is 1. The van der Waals surface area contributed by atoms with Crippen molar-refractivity contribution in [3.63, 3.8) is 0 Å². The molecule has 0 saturated heterocycles. The van der Waals surface area contributed by atoms with Gasteiger partial charge < -0.3 is 5.32 Å². The Morgan fingerprint density at radius 3 is 2.55 bits per heavy atom. The number of nitrogens with zero attached hydrogens (tertiary/aromatic N) is 1. The van der Waals surface area contributed by atoms with Crippen LogP contribution in [0.25, 0.3) is 0 Å². The van der Waals surface area contributed by atoms with Gasteiger partial charge in [0.15, 0.2) is 0 Å². The lowest BCUT2D eigenvalue weighted by atomic mass is 9.98. The van der Waals surface area contributed by atoms with Gasteiger partial charge in [-0.05, 0) is 55.3 Å². The number of aromatic nitrogens is 1. The van der Waals surface area contributed by atoms with E-state index >= 15 is 0 Å². The molecule has 0 aliphatic rings. The quantitative estimate of drug-likeness (QED) is 0.903. The van der Waals surface area contributed by atoms with E-state index in [0.717, 1.165) is 23.4 Å². The maximum Gasteiger partial charge on any atom is 0.141 e. The molecule has 2 aromatic rings. The number of hydrogen-bond acceptors (Lipinski definition) is 2. The molecule has 0 saturated carbocycles. The smallest absolute Gasteiger partial charge is 0.141 e. The second kappa shape index (κ2) is 6.57. The van der Waals surface area contributed by atoms with E-state index in [1.165, 1.54) is 18.3 Å². The van der Waals surface area contributed by atoms with Crippen LogP contribution < -0.4 is 5.32 Å². The first-order chi connectivity index (χ1) is 9.60. The first-order valence-electron chi connectivity index (χ1n) is 6.70. The Balaban J connectivity index is 2.25. The summed E-state index contributed by atoms with van der Waals surface area (Å²) < 4.78 is 26.3. The first-order valence-corrected chi connectivity index (χ1v) is 6.70. The predicted molar refractivity (Wildman–Crippen MR) is 75.5 cm³/mol. The minimum absolute atomic E-state index is 0.0545. The Labute approximate surface area is 117 Å². The molecule has 2 rings (SSSR count). The number of likely N-dealkylation sites (N-methyl/N-ethyl adjacent to an activating group) is 1. The van der Waals surface area contributed by atoms with E-state index in [1.807, 2.05) is 13.8 Å². The van der Waals surface area contributed by atoms with E-state index in [4.69, 9.17) is 0 Å². The van der Waals surface area contributed by atoms with Gasteiger partial charge in [-0.3, -0.25) is 4.98 Å². The third-order valence-corrected chi connectivity index (χ3v) is 3.29. The van der Waals surface area contributed by atoms with Crippen LogP contribution in [0.2, 0.25) is 0 Å². The average molecular weight is 276 g/mol. The molecule has 106 valence electrons. The van der Waals surface area contributed by atoms with Gasteiger partial charge in [0.2, 0.25) is 0 Å². The molecule has 2 nitrogen and oxygen atoms in total. The number of halogens is 2. The van der Waals surface area contributed by atoms with Gasteiger partial charge in [0.05, 0.1) is 17.9 Å². The SMILES string of the molecule is CCNC(Cc1cc(F)ccc1C)c1ccc(F)cn1. The molecule has 1 aromatic carbocycles. The lowest BCUT2D eigenvalue weighted by Gasteiger charge is -2.18. The summed E-state index contributed by atoms with van der Waals surface area (Å²) in [4.78, 5) is 4.11. The summed E-state index contributed by atoms with van der Waals surface area (Å²) in [6.45, 7) is 4.71. The lowest BCUT2D eigenvalue weighted by Crippen LogP contribution is -2.24. The topological polar surface area (TPSA) is 24.9 Å². The van der Waals surface area contributed by atoms with E-state index in [-0.39, 0.29) is 17.7 Å². The molecular formula is C16H18F2N2. The van der Waals surface area contributed by atoms with Gasteiger partial charge in [0.1, 0.15) is 11.6 Å². The monoisotopic (exact) mass is 276 g/mol. The summed E-state index contributed by atoms with van der Waals surface area (Å²) in [5, 5.41) is 3.31. The van der Waals surface area contributed by atoms with Gasteiger partial charge in [0, 0.05) is 0 Å². The van der Waals surface area contributed by atoms with Gasteiger partial charge in [0.25, 0.3) is 0 Å². The minimum atomic E-state index is -0.356. The van der Waals surface area contributed by atoms with E-state index in [0.29, 0.717) is 6.42 Å². The number of nitrogens with one attached hydrogen (secondary N) is 1. The second-order valence-corrected chi connectivity index (χ2v) is 4.79. The molecule has 1 N–H and O–H groups in total. The van der Waals surface area contributed by atoms with Crippen LogP contribution in [0.3, 0.4) is 0 Å². The van der Waals surface area contributed by atoms with E-state index < -0.39 is 0 Å². The molecule has 0 radical (unpaired) electrons. The third kappa shape index (κ3) is 3.61. The first kappa shape index (κ1) is 14.6. The molecule has 0 spiro atoms. The van der Waals surface area contributed by atoms with Crippen molar-refractivity contribution in [2.45, 2.75) is 26.3 Å². The van der Waals surface area contributed by atoms with Crippen molar-refractivity contribution >= 4 is 0 Å². The Morgan fingerprint density at radius 1 is 1.15 bits per heavy atom. The van der Waals surface area contributed by atoms with Gasteiger partial charge in [-0.15, -0.1) is 0 Å². The molecule has 1 atom stereocenters. The fraction of sp³-hybridized carbons (Fsp3) is 0.312. The number of rotatable bonds is 5. The molecule has 0 bridgehead atoms. The fourth-order valence-corrected chi connectivity index (χ4v) is 2.20. The molecule has 1 heterocycles. The van der Waals surface area contributed by atoms with Crippen LogP contribution in [0, 0.1) is 18.6 Å². The fourth-order valence-electron chi connectivity index (χ4n) is 2.20. The molecule has 0 aliphatic carbocycles. The van der Waals surface area contributed by atoms with E-state index in [1.54, 1.807) is 18.2 Å². The molecule has 0 aliphatic heterocycles. The van der Waals surface area contributed by atoms with Crippen LogP contribution >= 0.6 is 0 Å². The highest BCUT2D eigenvalue weighted by molar-refractivity contribution is 5.28. The second-order valence-electron chi connectivity index (χ2n) is 4.79. The van der Waals surface area contributed by atoms with Crippen molar-refractivity contribution < 1.29 is 8.78 Å². The van der Waals surface area contributed by atoms with Gasteiger partial charge >= 0.3 is 0 Å². The normalized spacial score (nSPS) is 12.4. The van der Waals surface area contributed by atoms with Crippen LogP contribution in [-0.4, -0.2) is 11.5 Å². The standard InChI is InChI=1S/C16H18F2N2/c1-3-19-16(15-7-6-14(18)10-20-15)9-12-8-13(17)5-4-11(12)2/h4-8,10,16,19H,3,9H2,1-2H3. The van der Waals surface area contributed by atoms with Crippen LogP contribution in [-0.2, 0) is 6.42 Å². The van der Waals surface area contributed by atoms with Crippen molar-refractivity contribution in [3.05, 3.63) is 65.0 Å². The zero-order chi connectivity index (χ0) is 14.5. The number of pyridine rings is 1. The molecular weight excluding hydrogens is 258 g/mol. The van der Waals surface area contributed by atoms with Crippen molar-refractivity contribution in [1.29, 1.82) is 0 Å². The lowest BCUT2D eigenvalue weighted by molar-refractivity contribution is 0.528. The van der Waals surface area contributed by atoms with Crippen LogP contribution in [0.4, 0.5) is 8.78 Å². The van der Waals surface area contributed by atoms with Crippen LogP contribution in [0.15, 0.2) is 36.5 Å². The van der Waals surface area contributed by atoms with Crippen molar-refractivity contribution in [3.8, 4) is 0 Å². The zero-order valence-corrected chi connectivity index (χ0v) is 11.7. The van der Waals surface area contributed by atoms with Crippen molar-refractivity contribution in [1.82, 2.24) is 10.3 Å². The molecule has 0 amide bonds. The predicted octanol–water partition coefficient (Wildman–Crippen LogP) is 3.56. The van der Waals surface area contributed by atoms with E-state index in [9.17, 15) is 8.78 Å². The highest BCUT2D eigenvalue weighted by atomic mass is 19.1. The summed E-state index contributed by atoms with van der Waals surface area (Å²) in [6.07, 6.45) is 1.83. The van der Waals surface area contributed by atoms with Crippen LogP contribution in [0.1, 0.15) is 29.8 Å². The zero-order valence-electron chi connectivity index (χ0n) is 11.7. The van der Waals surface area contributed by atoms with Gasteiger partial charge in [-0.25, -0.2) is 8.78 Å². The van der Waals surface area contributed by atoms with Crippen molar-refractivity contribution in [2.24, 2.45) is 0 Å². The summed E-state index contributed by atoms with van der Waals surface area (Å²) in [5.41, 5.74) is 2.73. The molecule has 1 aromatic heterocycles.